The van der Waals surface area contributed by atoms with E-state index in [1.807, 2.05) is 6.07 Å². The van der Waals surface area contributed by atoms with E-state index in [1.54, 1.807) is 13.0 Å². The fourth-order valence-corrected chi connectivity index (χ4v) is 1.55. The predicted octanol–water partition coefficient (Wildman–Crippen LogP) is 2.68. The Morgan fingerprint density at radius 3 is 2.87 bits per heavy atom. The molecule has 0 unspecified atom stereocenters. The number of hydrogen-bond acceptors (Lipinski definition) is 4. The van der Waals surface area contributed by atoms with Crippen molar-refractivity contribution in [1.82, 2.24) is 0 Å². The zero-order valence-corrected chi connectivity index (χ0v) is 9.60. The average Bonchev–Trinajstić information content (AvgIpc) is 2.21. The molecule has 0 atom stereocenters. The third kappa shape index (κ3) is 2.44. The Kier molecular flexibility index (Phi) is 4.01. The largest absolute Gasteiger partial charge is 0.462 e. The van der Waals surface area contributed by atoms with Crippen LogP contribution in [0.5, 0.6) is 0 Å². The molecule has 0 saturated carbocycles. The molecule has 0 aliphatic carbocycles. The monoisotopic (exact) mass is 241 g/mol. The van der Waals surface area contributed by atoms with Crippen molar-refractivity contribution in [3.63, 3.8) is 0 Å². The van der Waals surface area contributed by atoms with Crippen LogP contribution in [0.2, 0.25) is 5.02 Å². The Morgan fingerprint density at radius 2 is 2.33 bits per heavy atom. The molecule has 5 heteroatoms. The number of nitriles is 1. The smallest absolute Gasteiger partial charge is 0.341 e. The van der Waals surface area contributed by atoms with E-state index in [1.165, 1.54) is 6.07 Å². The molecular weight excluding hydrogens is 234 g/mol. The van der Waals surface area contributed by atoms with E-state index in [9.17, 15) is 4.79 Å². The number of nitrogens with zero attached hydrogens (tertiary/aromatic N) is 1. The molecule has 0 aliphatic heterocycles. The predicted molar refractivity (Wildman–Crippen MR) is 59.4 cm³/mol. The van der Waals surface area contributed by atoms with Crippen LogP contribution in [0.4, 0.5) is 0 Å². The fraction of sp³-hybridized carbons (Fsp3) is 0.200. The van der Waals surface area contributed by atoms with E-state index in [0.29, 0.717) is 4.90 Å². The number of halogens is 1. The lowest BCUT2D eigenvalue weighted by atomic mass is 10.1. The first-order valence-electron chi connectivity index (χ1n) is 4.20. The molecule has 0 radical (unpaired) electrons. The summed E-state index contributed by atoms with van der Waals surface area (Å²) in [6, 6.07) is 4.96. The SMILES string of the molecule is CCOC(=O)c1c(Cl)ccc(S)c1C#N. The van der Waals surface area contributed by atoms with Crippen molar-refractivity contribution < 1.29 is 9.53 Å². The molecule has 3 nitrogen and oxygen atoms in total. The summed E-state index contributed by atoms with van der Waals surface area (Å²) in [7, 11) is 0. The van der Waals surface area contributed by atoms with Crippen LogP contribution in [0.15, 0.2) is 17.0 Å². The van der Waals surface area contributed by atoms with Gasteiger partial charge in [0.15, 0.2) is 0 Å². The minimum absolute atomic E-state index is 0.0773. The molecule has 78 valence electrons. The summed E-state index contributed by atoms with van der Waals surface area (Å²) >= 11 is 9.89. The summed E-state index contributed by atoms with van der Waals surface area (Å²) in [5, 5.41) is 9.07. The van der Waals surface area contributed by atoms with Crippen LogP contribution in [0.25, 0.3) is 0 Å². The molecule has 0 heterocycles. The Bertz CT molecular complexity index is 440. The zero-order chi connectivity index (χ0) is 11.4. The Hall–Kier alpha value is -1.18. The number of hydrogen-bond donors (Lipinski definition) is 1. The Balaban J connectivity index is 3.33. The van der Waals surface area contributed by atoms with E-state index in [-0.39, 0.29) is 22.8 Å². The van der Waals surface area contributed by atoms with Gasteiger partial charge in [0.1, 0.15) is 6.07 Å². The molecule has 0 fully saturated rings. The zero-order valence-electron chi connectivity index (χ0n) is 7.95. The van der Waals surface area contributed by atoms with E-state index in [0.717, 1.165) is 0 Å². The molecule has 0 aromatic heterocycles. The molecule has 0 N–H and O–H groups in total. The van der Waals surface area contributed by atoms with Gasteiger partial charge in [0.05, 0.1) is 22.8 Å². The van der Waals surface area contributed by atoms with Gasteiger partial charge in [-0.25, -0.2) is 4.79 Å². The van der Waals surface area contributed by atoms with Crippen molar-refractivity contribution in [2.75, 3.05) is 6.61 Å². The van der Waals surface area contributed by atoms with Gasteiger partial charge in [-0.15, -0.1) is 12.6 Å². The summed E-state index contributed by atoms with van der Waals surface area (Å²) in [6.45, 7) is 1.92. The molecular formula is C10H8ClNO2S. The lowest BCUT2D eigenvalue weighted by Gasteiger charge is -2.07. The van der Waals surface area contributed by atoms with E-state index in [4.69, 9.17) is 21.6 Å². The second-order valence-electron chi connectivity index (χ2n) is 2.65. The van der Waals surface area contributed by atoms with Crippen LogP contribution in [-0.4, -0.2) is 12.6 Å². The van der Waals surface area contributed by atoms with Crippen molar-refractivity contribution in [3.8, 4) is 6.07 Å². The van der Waals surface area contributed by atoms with Gasteiger partial charge < -0.3 is 4.74 Å². The topological polar surface area (TPSA) is 50.1 Å². The van der Waals surface area contributed by atoms with Gasteiger partial charge in [-0.1, -0.05) is 11.6 Å². The average molecular weight is 242 g/mol. The highest BCUT2D eigenvalue weighted by Gasteiger charge is 2.18. The van der Waals surface area contributed by atoms with Crippen molar-refractivity contribution >= 4 is 30.2 Å². The Morgan fingerprint density at radius 1 is 1.67 bits per heavy atom. The van der Waals surface area contributed by atoms with E-state index in [2.05, 4.69) is 12.6 Å². The lowest BCUT2D eigenvalue weighted by molar-refractivity contribution is 0.0526. The third-order valence-corrected chi connectivity index (χ3v) is 2.41. The van der Waals surface area contributed by atoms with Crippen molar-refractivity contribution in [3.05, 3.63) is 28.3 Å². The summed E-state index contributed by atoms with van der Waals surface area (Å²) in [6.07, 6.45) is 0. The second kappa shape index (κ2) is 5.06. The van der Waals surface area contributed by atoms with Crippen LogP contribution >= 0.6 is 24.2 Å². The normalized spacial score (nSPS) is 9.47. The standard InChI is InChI=1S/C10H8ClNO2S/c1-2-14-10(13)9-6(5-12)8(15)4-3-7(9)11/h3-4,15H,2H2,1H3. The first kappa shape index (κ1) is 11.9. The molecule has 0 bridgehead atoms. The summed E-state index contributed by atoms with van der Waals surface area (Å²) in [5.41, 5.74) is 0.220. The van der Waals surface area contributed by atoms with Gasteiger partial charge in [0.2, 0.25) is 0 Å². The van der Waals surface area contributed by atoms with Crippen LogP contribution in [0.1, 0.15) is 22.8 Å². The molecule has 0 spiro atoms. The molecule has 1 rings (SSSR count). The van der Waals surface area contributed by atoms with E-state index < -0.39 is 5.97 Å². The first-order valence-corrected chi connectivity index (χ1v) is 5.03. The molecule has 0 amide bonds. The van der Waals surface area contributed by atoms with Crippen LogP contribution < -0.4 is 0 Å². The highest BCUT2D eigenvalue weighted by atomic mass is 35.5. The number of rotatable bonds is 2. The number of esters is 1. The maximum absolute atomic E-state index is 11.5. The van der Waals surface area contributed by atoms with Crippen LogP contribution in [0, 0.1) is 11.3 Å². The second-order valence-corrected chi connectivity index (χ2v) is 3.54. The first-order chi connectivity index (χ1) is 7.11. The summed E-state index contributed by atoms with van der Waals surface area (Å²) in [5.74, 6) is -0.602. The number of carbonyl (C=O) groups is 1. The lowest BCUT2D eigenvalue weighted by Crippen LogP contribution is -2.08. The number of ether oxygens (including phenoxy) is 1. The highest BCUT2D eigenvalue weighted by molar-refractivity contribution is 7.80. The van der Waals surface area contributed by atoms with Gasteiger partial charge in [-0.3, -0.25) is 0 Å². The van der Waals surface area contributed by atoms with Gasteiger partial charge >= 0.3 is 5.97 Å². The van der Waals surface area contributed by atoms with Crippen LogP contribution in [0.3, 0.4) is 0 Å². The van der Waals surface area contributed by atoms with Crippen molar-refractivity contribution in [2.24, 2.45) is 0 Å². The minimum atomic E-state index is -0.602. The maximum atomic E-state index is 11.5. The third-order valence-electron chi connectivity index (χ3n) is 1.72. The molecule has 0 aliphatic rings. The van der Waals surface area contributed by atoms with E-state index >= 15 is 0 Å². The molecule has 15 heavy (non-hydrogen) atoms. The fourth-order valence-electron chi connectivity index (χ4n) is 1.08. The number of carbonyl (C=O) groups excluding carboxylic acids is 1. The van der Waals surface area contributed by atoms with Crippen molar-refractivity contribution in [1.29, 1.82) is 5.26 Å². The molecule has 0 saturated heterocycles. The minimum Gasteiger partial charge on any atom is -0.462 e. The maximum Gasteiger partial charge on any atom is 0.341 e. The van der Waals surface area contributed by atoms with Gasteiger partial charge in [-0.05, 0) is 19.1 Å². The number of thiol groups is 1. The quantitative estimate of drug-likeness (QED) is 0.640. The molecule has 1 aromatic carbocycles. The van der Waals surface area contributed by atoms with Gasteiger partial charge in [-0.2, -0.15) is 5.26 Å². The summed E-state index contributed by atoms with van der Waals surface area (Å²) in [4.78, 5) is 11.9. The van der Waals surface area contributed by atoms with Gasteiger partial charge in [0.25, 0.3) is 0 Å². The summed E-state index contributed by atoms with van der Waals surface area (Å²) < 4.78 is 4.80. The number of benzene rings is 1. The van der Waals surface area contributed by atoms with Gasteiger partial charge in [0, 0.05) is 4.90 Å². The molecule has 1 aromatic rings. The Labute approximate surface area is 98.0 Å². The van der Waals surface area contributed by atoms with Crippen molar-refractivity contribution in [2.45, 2.75) is 11.8 Å². The highest BCUT2D eigenvalue weighted by Crippen LogP contribution is 2.26. The van der Waals surface area contributed by atoms with Crippen LogP contribution in [-0.2, 0) is 4.74 Å².